The Bertz CT molecular complexity index is 590. The fraction of sp³-hybridized carbons (Fsp3) is 0.286. The van der Waals surface area contributed by atoms with Crippen molar-refractivity contribution < 1.29 is 14.6 Å². The summed E-state index contributed by atoms with van der Waals surface area (Å²) in [5.41, 5.74) is 2.06. The summed E-state index contributed by atoms with van der Waals surface area (Å²) in [6.07, 6.45) is 3.53. The number of carboxylic acids is 1. The molecule has 0 atom stereocenters. The minimum Gasteiger partial charge on any atom is -0.487 e. The van der Waals surface area contributed by atoms with Crippen molar-refractivity contribution in [3.63, 3.8) is 0 Å². The zero-order valence-electron chi connectivity index (χ0n) is 11.0. The molecule has 0 saturated carbocycles. The lowest BCUT2D eigenvalue weighted by molar-refractivity contribution is 0.0696. The maximum absolute atomic E-state index is 10.8. The molecule has 2 aromatic rings. The zero-order chi connectivity index (χ0) is 13.8. The summed E-state index contributed by atoms with van der Waals surface area (Å²) in [5.74, 6) is -0.243. The van der Waals surface area contributed by atoms with Gasteiger partial charge in [0.05, 0.1) is 23.8 Å². The van der Waals surface area contributed by atoms with E-state index >= 15 is 0 Å². The van der Waals surface area contributed by atoms with E-state index in [-0.39, 0.29) is 5.56 Å². The van der Waals surface area contributed by atoms with Crippen LogP contribution >= 0.6 is 0 Å². The molecule has 0 aliphatic rings. The van der Waals surface area contributed by atoms with Gasteiger partial charge in [0.25, 0.3) is 0 Å². The van der Waals surface area contributed by atoms with Gasteiger partial charge in [0.1, 0.15) is 12.4 Å². The predicted octanol–water partition coefficient (Wildman–Crippen LogP) is 2.49. The van der Waals surface area contributed by atoms with Crippen molar-refractivity contribution in [3.05, 3.63) is 47.5 Å². The number of aromatic carboxylic acids is 1. The second-order valence-corrected chi connectivity index (χ2v) is 4.25. The summed E-state index contributed by atoms with van der Waals surface area (Å²) in [7, 11) is 0. The van der Waals surface area contributed by atoms with Gasteiger partial charge in [-0.25, -0.2) is 9.78 Å². The van der Waals surface area contributed by atoms with E-state index in [4.69, 9.17) is 9.84 Å². The van der Waals surface area contributed by atoms with Crippen LogP contribution in [0, 0.1) is 6.92 Å². The molecule has 0 spiro atoms. The number of aryl methyl sites for hydroxylation is 2. The highest BCUT2D eigenvalue weighted by atomic mass is 16.5. The molecule has 2 rings (SSSR count). The van der Waals surface area contributed by atoms with Gasteiger partial charge in [-0.05, 0) is 37.6 Å². The van der Waals surface area contributed by atoms with E-state index in [9.17, 15) is 4.79 Å². The minimum absolute atomic E-state index is 0.267. The number of carboxylic acid groups (broad SMARTS) is 1. The van der Waals surface area contributed by atoms with E-state index < -0.39 is 5.97 Å². The molecule has 1 aromatic carbocycles. The Kier molecular flexibility index (Phi) is 3.85. The topological polar surface area (TPSA) is 64.4 Å². The van der Waals surface area contributed by atoms with Crippen LogP contribution < -0.4 is 4.74 Å². The molecule has 0 amide bonds. The summed E-state index contributed by atoms with van der Waals surface area (Å²) in [5, 5.41) is 8.90. The number of aromatic nitrogens is 2. The standard InChI is InChI=1S/C14H16N2O3/c1-3-16-9-15-7-12(16)8-19-13-5-4-11(14(17)18)6-10(13)2/h4-7,9H,3,8H2,1-2H3,(H,17,18). The van der Waals surface area contributed by atoms with E-state index in [1.807, 2.05) is 18.4 Å². The Balaban J connectivity index is 2.10. The van der Waals surface area contributed by atoms with Crippen molar-refractivity contribution in [1.82, 2.24) is 9.55 Å². The van der Waals surface area contributed by atoms with Crippen molar-refractivity contribution in [2.75, 3.05) is 0 Å². The Labute approximate surface area is 111 Å². The summed E-state index contributed by atoms with van der Waals surface area (Å²) < 4.78 is 7.71. The van der Waals surface area contributed by atoms with E-state index in [0.717, 1.165) is 17.8 Å². The van der Waals surface area contributed by atoms with E-state index in [2.05, 4.69) is 4.98 Å². The van der Waals surface area contributed by atoms with Gasteiger partial charge in [-0.3, -0.25) is 0 Å². The van der Waals surface area contributed by atoms with Crippen molar-refractivity contribution in [3.8, 4) is 5.75 Å². The molecule has 100 valence electrons. The van der Waals surface area contributed by atoms with Gasteiger partial charge in [-0.1, -0.05) is 0 Å². The average Bonchev–Trinajstić information content (AvgIpc) is 2.84. The highest BCUT2D eigenvalue weighted by Crippen LogP contribution is 2.20. The molecule has 0 aliphatic carbocycles. The lowest BCUT2D eigenvalue weighted by Crippen LogP contribution is -2.05. The maximum Gasteiger partial charge on any atom is 0.335 e. The number of imidazole rings is 1. The van der Waals surface area contributed by atoms with E-state index in [1.165, 1.54) is 0 Å². The number of hydrogen-bond acceptors (Lipinski definition) is 3. The van der Waals surface area contributed by atoms with Gasteiger partial charge < -0.3 is 14.4 Å². The van der Waals surface area contributed by atoms with Gasteiger partial charge in [-0.15, -0.1) is 0 Å². The largest absolute Gasteiger partial charge is 0.487 e. The van der Waals surface area contributed by atoms with Crippen LogP contribution in [0.4, 0.5) is 0 Å². The fourth-order valence-corrected chi connectivity index (χ4v) is 1.85. The molecule has 1 N–H and O–H groups in total. The molecule has 0 unspecified atom stereocenters. The van der Waals surface area contributed by atoms with Crippen LogP contribution in [0.3, 0.4) is 0 Å². The number of rotatable bonds is 5. The average molecular weight is 260 g/mol. The van der Waals surface area contributed by atoms with Gasteiger partial charge in [0, 0.05) is 6.54 Å². The van der Waals surface area contributed by atoms with Crippen LogP contribution in [0.5, 0.6) is 5.75 Å². The van der Waals surface area contributed by atoms with Crippen LogP contribution in [-0.2, 0) is 13.2 Å². The van der Waals surface area contributed by atoms with Crippen LogP contribution in [0.25, 0.3) is 0 Å². The summed E-state index contributed by atoms with van der Waals surface area (Å²) in [6, 6.07) is 4.84. The maximum atomic E-state index is 10.8. The number of benzene rings is 1. The monoisotopic (exact) mass is 260 g/mol. The second-order valence-electron chi connectivity index (χ2n) is 4.25. The van der Waals surface area contributed by atoms with Crippen molar-refractivity contribution in [2.24, 2.45) is 0 Å². The first-order chi connectivity index (χ1) is 9.11. The van der Waals surface area contributed by atoms with Gasteiger partial charge >= 0.3 is 5.97 Å². The van der Waals surface area contributed by atoms with Crippen LogP contribution in [0.2, 0.25) is 0 Å². The molecule has 0 saturated heterocycles. The predicted molar refractivity (Wildman–Crippen MR) is 70.4 cm³/mol. The molecule has 1 heterocycles. The normalized spacial score (nSPS) is 10.4. The van der Waals surface area contributed by atoms with Crippen LogP contribution in [0.15, 0.2) is 30.7 Å². The van der Waals surface area contributed by atoms with Crippen LogP contribution in [0.1, 0.15) is 28.5 Å². The zero-order valence-corrected chi connectivity index (χ0v) is 11.0. The SMILES string of the molecule is CCn1cncc1COc1ccc(C(=O)O)cc1C. The third kappa shape index (κ3) is 2.93. The molecule has 5 nitrogen and oxygen atoms in total. The fourth-order valence-electron chi connectivity index (χ4n) is 1.85. The Hall–Kier alpha value is -2.30. The Morgan fingerprint density at radius 2 is 2.26 bits per heavy atom. The third-order valence-electron chi connectivity index (χ3n) is 2.94. The molecule has 1 aromatic heterocycles. The molecule has 19 heavy (non-hydrogen) atoms. The molecule has 0 bridgehead atoms. The van der Waals surface area contributed by atoms with Gasteiger partial charge in [0.2, 0.25) is 0 Å². The molecule has 0 fully saturated rings. The quantitative estimate of drug-likeness (QED) is 0.897. The smallest absolute Gasteiger partial charge is 0.335 e. The number of nitrogens with zero attached hydrogens (tertiary/aromatic N) is 2. The summed E-state index contributed by atoms with van der Waals surface area (Å²) in [4.78, 5) is 14.9. The second kappa shape index (κ2) is 5.56. The number of carbonyl (C=O) groups is 1. The van der Waals surface area contributed by atoms with Crippen molar-refractivity contribution in [1.29, 1.82) is 0 Å². The van der Waals surface area contributed by atoms with E-state index in [1.54, 1.807) is 30.7 Å². The Morgan fingerprint density at radius 1 is 1.47 bits per heavy atom. The van der Waals surface area contributed by atoms with Crippen LogP contribution in [-0.4, -0.2) is 20.6 Å². The van der Waals surface area contributed by atoms with Crippen molar-refractivity contribution >= 4 is 5.97 Å². The number of ether oxygens (including phenoxy) is 1. The van der Waals surface area contributed by atoms with E-state index in [0.29, 0.717) is 12.4 Å². The lowest BCUT2D eigenvalue weighted by Gasteiger charge is -2.10. The molecule has 0 aliphatic heterocycles. The highest BCUT2D eigenvalue weighted by Gasteiger charge is 2.07. The minimum atomic E-state index is -0.932. The molecular formula is C14H16N2O3. The lowest BCUT2D eigenvalue weighted by atomic mass is 10.1. The van der Waals surface area contributed by atoms with Gasteiger partial charge in [0.15, 0.2) is 0 Å². The summed E-state index contributed by atoms with van der Waals surface area (Å²) in [6.45, 7) is 5.13. The first-order valence-electron chi connectivity index (χ1n) is 6.07. The first kappa shape index (κ1) is 13.1. The number of hydrogen-bond donors (Lipinski definition) is 1. The molecular weight excluding hydrogens is 244 g/mol. The van der Waals surface area contributed by atoms with Crippen molar-refractivity contribution in [2.45, 2.75) is 27.0 Å². The molecule has 5 heteroatoms. The molecule has 0 radical (unpaired) electrons. The first-order valence-corrected chi connectivity index (χ1v) is 6.07. The van der Waals surface area contributed by atoms with Gasteiger partial charge in [-0.2, -0.15) is 0 Å². The highest BCUT2D eigenvalue weighted by molar-refractivity contribution is 5.88. The third-order valence-corrected chi connectivity index (χ3v) is 2.94. The summed E-state index contributed by atoms with van der Waals surface area (Å²) >= 11 is 0. The Morgan fingerprint density at radius 3 is 2.89 bits per heavy atom.